The summed E-state index contributed by atoms with van der Waals surface area (Å²) in [7, 11) is 0. The highest BCUT2D eigenvalue weighted by Gasteiger charge is 2.15. The third kappa shape index (κ3) is 5.56. The minimum absolute atomic E-state index is 0.0255. The summed E-state index contributed by atoms with van der Waals surface area (Å²) in [4.78, 5) is 0. The van der Waals surface area contributed by atoms with Crippen molar-refractivity contribution in [2.45, 2.75) is 26.0 Å². The fraction of sp³-hybridized carbons (Fsp3) is 0.174. The van der Waals surface area contributed by atoms with Crippen molar-refractivity contribution in [3.8, 4) is 5.75 Å². The number of hydrogen-bond acceptors (Lipinski definition) is 2. The zero-order valence-electron chi connectivity index (χ0n) is 15.6. The molecule has 0 bridgehead atoms. The largest absolute Gasteiger partial charge is 0.491 e. The van der Waals surface area contributed by atoms with Crippen molar-refractivity contribution < 1.29 is 4.74 Å². The second-order valence-corrected chi connectivity index (χ2v) is 6.96. The predicted octanol–water partition coefficient (Wildman–Crippen LogP) is 5.55. The molecule has 3 aromatic rings. The molecule has 0 aromatic heterocycles. The second kappa shape index (κ2) is 9.19. The lowest BCUT2D eigenvalue weighted by Crippen LogP contribution is -2.33. The first-order valence-electron chi connectivity index (χ1n) is 9.06. The highest BCUT2D eigenvalue weighted by Crippen LogP contribution is 2.23. The molecular formula is C23H24N2OS. The minimum atomic E-state index is -0.0255. The van der Waals surface area contributed by atoms with Gasteiger partial charge in [0, 0.05) is 11.8 Å². The van der Waals surface area contributed by atoms with Gasteiger partial charge in [0.15, 0.2) is 5.11 Å². The summed E-state index contributed by atoms with van der Waals surface area (Å²) in [6.45, 7) is 4.02. The van der Waals surface area contributed by atoms with Crippen molar-refractivity contribution in [1.82, 2.24) is 5.32 Å². The van der Waals surface area contributed by atoms with Crippen LogP contribution in [0.25, 0.3) is 0 Å². The standard InChI is InChI=1S/C23H24N2OS/c1-17(2)26-21-15-9-14-20(16-21)24-23(27)25-22(18-10-5-3-6-11-18)19-12-7-4-8-13-19/h3-17,22H,1-2H3,(H2,24,25,27). The highest BCUT2D eigenvalue weighted by atomic mass is 32.1. The molecular weight excluding hydrogens is 352 g/mol. The second-order valence-electron chi connectivity index (χ2n) is 6.55. The van der Waals surface area contributed by atoms with Crippen LogP contribution in [-0.4, -0.2) is 11.2 Å². The summed E-state index contributed by atoms with van der Waals surface area (Å²) in [5.74, 6) is 0.820. The van der Waals surface area contributed by atoms with Crippen molar-refractivity contribution in [2.24, 2.45) is 0 Å². The van der Waals surface area contributed by atoms with Crippen molar-refractivity contribution in [3.05, 3.63) is 96.1 Å². The van der Waals surface area contributed by atoms with Crippen molar-refractivity contribution >= 4 is 23.0 Å². The molecule has 0 unspecified atom stereocenters. The van der Waals surface area contributed by atoms with E-state index in [1.807, 2.05) is 74.5 Å². The molecule has 2 N–H and O–H groups in total. The molecule has 4 heteroatoms. The lowest BCUT2D eigenvalue weighted by atomic mass is 9.99. The van der Waals surface area contributed by atoms with Gasteiger partial charge in [-0.1, -0.05) is 66.7 Å². The van der Waals surface area contributed by atoms with Crippen LogP contribution in [-0.2, 0) is 0 Å². The quantitative estimate of drug-likeness (QED) is 0.553. The van der Waals surface area contributed by atoms with E-state index in [9.17, 15) is 0 Å². The average molecular weight is 377 g/mol. The number of hydrogen-bond donors (Lipinski definition) is 2. The summed E-state index contributed by atoms with van der Waals surface area (Å²) in [6.07, 6.45) is 0.130. The molecule has 138 valence electrons. The van der Waals surface area contributed by atoms with Crippen LogP contribution in [0.4, 0.5) is 5.69 Å². The molecule has 3 aromatic carbocycles. The van der Waals surface area contributed by atoms with Crippen LogP contribution >= 0.6 is 12.2 Å². The van der Waals surface area contributed by atoms with Gasteiger partial charge in [-0.05, 0) is 49.3 Å². The average Bonchev–Trinajstić information content (AvgIpc) is 2.67. The Labute approximate surface area is 166 Å². The lowest BCUT2D eigenvalue weighted by Gasteiger charge is -2.22. The zero-order valence-corrected chi connectivity index (χ0v) is 16.4. The molecule has 3 rings (SSSR count). The Kier molecular flexibility index (Phi) is 6.44. The molecule has 0 aliphatic carbocycles. The van der Waals surface area contributed by atoms with E-state index in [1.54, 1.807) is 0 Å². The molecule has 0 atom stereocenters. The first kappa shape index (κ1) is 18.9. The van der Waals surface area contributed by atoms with Crippen LogP contribution in [0.15, 0.2) is 84.9 Å². The van der Waals surface area contributed by atoms with Crippen LogP contribution in [0.3, 0.4) is 0 Å². The van der Waals surface area contributed by atoms with Crippen LogP contribution in [0, 0.1) is 0 Å². The maximum absolute atomic E-state index is 5.75. The molecule has 3 nitrogen and oxygen atoms in total. The number of anilines is 1. The fourth-order valence-electron chi connectivity index (χ4n) is 2.87. The van der Waals surface area contributed by atoms with Gasteiger partial charge < -0.3 is 15.4 Å². The Morgan fingerprint density at radius 3 is 1.96 bits per heavy atom. The molecule has 0 amide bonds. The Hall–Kier alpha value is -2.85. The van der Waals surface area contributed by atoms with Crippen molar-refractivity contribution in [2.75, 3.05) is 5.32 Å². The van der Waals surface area contributed by atoms with Gasteiger partial charge in [-0.2, -0.15) is 0 Å². The van der Waals surface area contributed by atoms with E-state index in [-0.39, 0.29) is 12.1 Å². The van der Waals surface area contributed by atoms with E-state index in [4.69, 9.17) is 17.0 Å². The molecule has 0 aliphatic heterocycles. The van der Waals surface area contributed by atoms with Gasteiger partial charge in [0.05, 0.1) is 12.1 Å². The normalized spacial score (nSPS) is 10.7. The van der Waals surface area contributed by atoms with Crippen molar-refractivity contribution in [3.63, 3.8) is 0 Å². The van der Waals surface area contributed by atoms with Gasteiger partial charge in [-0.15, -0.1) is 0 Å². The topological polar surface area (TPSA) is 33.3 Å². The minimum Gasteiger partial charge on any atom is -0.491 e. The van der Waals surface area contributed by atoms with E-state index in [0.717, 1.165) is 22.6 Å². The van der Waals surface area contributed by atoms with Crippen LogP contribution in [0.5, 0.6) is 5.75 Å². The number of ether oxygens (including phenoxy) is 1. The SMILES string of the molecule is CC(C)Oc1cccc(NC(=S)NC(c2ccccc2)c2ccccc2)c1. The number of rotatable bonds is 6. The van der Waals surface area contributed by atoms with Gasteiger partial charge in [0.1, 0.15) is 5.75 Å². The first-order chi connectivity index (χ1) is 13.1. The summed E-state index contributed by atoms with van der Waals surface area (Å²) < 4.78 is 5.75. The van der Waals surface area contributed by atoms with E-state index >= 15 is 0 Å². The third-order valence-electron chi connectivity index (χ3n) is 4.00. The highest BCUT2D eigenvalue weighted by molar-refractivity contribution is 7.80. The number of thiocarbonyl (C=S) groups is 1. The zero-order chi connectivity index (χ0) is 19.1. The van der Waals surface area contributed by atoms with Gasteiger partial charge in [-0.3, -0.25) is 0 Å². The number of benzene rings is 3. The van der Waals surface area contributed by atoms with Gasteiger partial charge >= 0.3 is 0 Å². The van der Waals surface area contributed by atoms with Crippen LogP contribution in [0.2, 0.25) is 0 Å². The van der Waals surface area contributed by atoms with Crippen LogP contribution in [0.1, 0.15) is 31.0 Å². The third-order valence-corrected chi connectivity index (χ3v) is 4.22. The smallest absolute Gasteiger partial charge is 0.171 e. The molecule has 0 radical (unpaired) electrons. The monoisotopic (exact) mass is 376 g/mol. The lowest BCUT2D eigenvalue weighted by molar-refractivity contribution is 0.242. The summed E-state index contributed by atoms with van der Waals surface area (Å²) >= 11 is 5.58. The summed E-state index contributed by atoms with van der Waals surface area (Å²) in [5.41, 5.74) is 3.21. The Balaban J connectivity index is 1.75. The molecule has 0 fully saturated rings. The molecule has 0 saturated carbocycles. The van der Waals surface area contributed by atoms with E-state index in [1.165, 1.54) is 0 Å². The van der Waals surface area contributed by atoms with Crippen LogP contribution < -0.4 is 15.4 Å². The van der Waals surface area contributed by atoms with E-state index in [2.05, 4.69) is 34.9 Å². The maximum Gasteiger partial charge on any atom is 0.171 e. The Bertz CT molecular complexity index is 826. The molecule has 0 aliphatic rings. The number of nitrogens with one attached hydrogen (secondary N) is 2. The Morgan fingerprint density at radius 1 is 0.815 bits per heavy atom. The van der Waals surface area contributed by atoms with E-state index < -0.39 is 0 Å². The molecule has 0 heterocycles. The van der Waals surface area contributed by atoms with Crippen molar-refractivity contribution in [1.29, 1.82) is 0 Å². The predicted molar refractivity (Wildman–Crippen MR) is 116 cm³/mol. The summed E-state index contributed by atoms with van der Waals surface area (Å²) in [5, 5.41) is 7.27. The molecule has 27 heavy (non-hydrogen) atoms. The molecule has 0 spiro atoms. The van der Waals surface area contributed by atoms with Gasteiger partial charge in [0.25, 0.3) is 0 Å². The summed E-state index contributed by atoms with van der Waals surface area (Å²) in [6, 6.07) is 28.4. The molecule has 0 saturated heterocycles. The van der Waals surface area contributed by atoms with Gasteiger partial charge in [0.2, 0.25) is 0 Å². The Morgan fingerprint density at radius 2 is 1.41 bits per heavy atom. The van der Waals surface area contributed by atoms with Gasteiger partial charge in [-0.25, -0.2) is 0 Å². The fourth-order valence-corrected chi connectivity index (χ4v) is 3.10. The first-order valence-corrected chi connectivity index (χ1v) is 9.47. The maximum atomic E-state index is 5.75. The van der Waals surface area contributed by atoms with E-state index in [0.29, 0.717) is 5.11 Å².